The Morgan fingerprint density at radius 3 is 2.62 bits per heavy atom. The van der Waals surface area contributed by atoms with Crippen LogP contribution in [0.1, 0.15) is 27.6 Å². The summed E-state index contributed by atoms with van der Waals surface area (Å²) in [5.41, 5.74) is -1.28. The van der Waals surface area contributed by atoms with Crippen molar-refractivity contribution in [1.82, 2.24) is 4.57 Å². The number of hydrogen-bond acceptors (Lipinski definition) is 4. The molecular formula is C18H14F3NO4. The van der Waals surface area contributed by atoms with Gasteiger partial charge in [0.25, 0.3) is 0 Å². The van der Waals surface area contributed by atoms with Gasteiger partial charge in [-0.1, -0.05) is 6.07 Å². The first-order valence-corrected chi connectivity index (χ1v) is 7.59. The number of ether oxygens (including phenoxy) is 1. The molecule has 5 nitrogen and oxygen atoms in total. The highest BCUT2D eigenvalue weighted by atomic mass is 19.4. The summed E-state index contributed by atoms with van der Waals surface area (Å²) in [5, 5.41) is -0.0369. The van der Waals surface area contributed by atoms with Crippen LogP contribution in [0, 0.1) is 6.92 Å². The van der Waals surface area contributed by atoms with Crippen molar-refractivity contribution in [2.75, 3.05) is 7.11 Å². The topological polar surface area (TPSA) is 61.4 Å². The van der Waals surface area contributed by atoms with Gasteiger partial charge in [0.2, 0.25) is 5.76 Å². The molecule has 0 amide bonds. The molecule has 26 heavy (non-hydrogen) atoms. The van der Waals surface area contributed by atoms with E-state index in [1.807, 2.05) is 0 Å². The molecule has 0 N–H and O–H groups in total. The number of pyridine rings is 1. The molecule has 0 saturated carbocycles. The minimum absolute atomic E-state index is 0.0369. The van der Waals surface area contributed by atoms with Crippen LogP contribution in [0.5, 0.6) is 0 Å². The average molecular weight is 365 g/mol. The third kappa shape index (κ3) is 3.10. The molecule has 0 atom stereocenters. The van der Waals surface area contributed by atoms with Crippen molar-refractivity contribution < 1.29 is 27.1 Å². The number of nitrogens with zero attached hydrogens (tertiary/aromatic N) is 1. The molecule has 0 spiro atoms. The molecule has 0 aliphatic rings. The molecule has 0 aliphatic carbocycles. The van der Waals surface area contributed by atoms with Crippen LogP contribution in [0.4, 0.5) is 13.2 Å². The Balaban J connectivity index is 2.21. The van der Waals surface area contributed by atoms with Gasteiger partial charge in [-0.25, -0.2) is 4.79 Å². The molecule has 3 aromatic rings. The van der Waals surface area contributed by atoms with Gasteiger partial charge < -0.3 is 13.7 Å². The number of fused-ring (bicyclic) bond motifs is 1. The van der Waals surface area contributed by atoms with Crippen LogP contribution < -0.4 is 5.43 Å². The van der Waals surface area contributed by atoms with Gasteiger partial charge in [0.05, 0.1) is 24.7 Å². The Hall–Kier alpha value is -3.03. The van der Waals surface area contributed by atoms with Crippen LogP contribution in [0.25, 0.3) is 10.9 Å². The summed E-state index contributed by atoms with van der Waals surface area (Å²) in [4.78, 5) is 23.6. The van der Waals surface area contributed by atoms with E-state index < -0.39 is 23.1 Å². The maximum absolute atomic E-state index is 13.5. The van der Waals surface area contributed by atoms with E-state index in [9.17, 15) is 22.8 Å². The van der Waals surface area contributed by atoms with Crippen molar-refractivity contribution in [1.29, 1.82) is 0 Å². The van der Waals surface area contributed by atoms with Crippen molar-refractivity contribution >= 4 is 16.9 Å². The second kappa shape index (κ2) is 6.36. The number of para-hydroxylation sites is 1. The van der Waals surface area contributed by atoms with Crippen LogP contribution in [0.2, 0.25) is 0 Å². The first kappa shape index (κ1) is 17.8. The smallest absolute Gasteiger partial charge is 0.418 e. The maximum atomic E-state index is 13.5. The number of esters is 1. The van der Waals surface area contributed by atoms with Crippen molar-refractivity contribution in [3.63, 3.8) is 0 Å². The van der Waals surface area contributed by atoms with E-state index in [4.69, 9.17) is 4.42 Å². The molecule has 0 unspecified atom stereocenters. The second-order valence-corrected chi connectivity index (χ2v) is 5.69. The van der Waals surface area contributed by atoms with E-state index in [0.29, 0.717) is 5.69 Å². The summed E-state index contributed by atoms with van der Waals surface area (Å²) in [6.07, 6.45) is -4.62. The van der Waals surface area contributed by atoms with E-state index in [1.54, 1.807) is 0 Å². The number of aromatic nitrogens is 1. The van der Waals surface area contributed by atoms with Gasteiger partial charge in [-0.3, -0.25) is 4.79 Å². The minimum Gasteiger partial charge on any atom is -0.463 e. The number of carbonyl (C=O) groups is 1. The van der Waals surface area contributed by atoms with E-state index >= 15 is 0 Å². The van der Waals surface area contributed by atoms with Crippen molar-refractivity contribution in [2.45, 2.75) is 19.6 Å². The zero-order chi connectivity index (χ0) is 19.1. The fourth-order valence-electron chi connectivity index (χ4n) is 2.82. The van der Waals surface area contributed by atoms with Gasteiger partial charge in [0, 0.05) is 17.1 Å². The first-order chi connectivity index (χ1) is 12.2. The van der Waals surface area contributed by atoms with Crippen molar-refractivity contribution in [3.05, 3.63) is 69.4 Å². The van der Waals surface area contributed by atoms with Gasteiger partial charge in [-0.05, 0) is 31.2 Å². The lowest BCUT2D eigenvalue weighted by atomic mass is 10.1. The molecule has 1 aromatic carbocycles. The van der Waals surface area contributed by atoms with Crippen molar-refractivity contribution in [3.8, 4) is 0 Å². The van der Waals surface area contributed by atoms with E-state index in [1.165, 1.54) is 48.9 Å². The van der Waals surface area contributed by atoms with E-state index in [-0.39, 0.29) is 29.0 Å². The summed E-state index contributed by atoms with van der Waals surface area (Å²) in [6, 6.07) is 7.61. The summed E-state index contributed by atoms with van der Waals surface area (Å²) in [6.45, 7) is 1.46. The van der Waals surface area contributed by atoms with Crippen LogP contribution in [-0.4, -0.2) is 17.6 Å². The fraction of sp³-hybridized carbons (Fsp3) is 0.222. The lowest BCUT2D eigenvalue weighted by molar-refractivity contribution is -0.136. The van der Waals surface area contributed by atoms with Gasteiger partial charge in [-0.15, -0.1) is 0 Å². The number of aryl methyl sites for hydroxylation is 1. The van der Waals surface area contributed by atoms with Gasteiger partial charge >= 0.3 is 12.1 Å². The normalized spacial score (nSPS) is 11.7. The Bertz CT molecular complexity index is 1050. The lowest BCUT2D eigenvalue weighted by Crippen LogP contribution is -2.17. The van der Waals surface area contributed by atoms with Crippen LogP contribution in [0.3, 0.4) is 0 Å². The molecule has 2 aromatic heterocycles. The molecular weight excluding hydrogens is 351 g/mol. The minimum atomic E-state index is -4.62. The number of halogens is 3. The van der Waals surface area contributed by atoms with Crippen LogP contribution >= 0.6 is 0 Å². The predicted octanol–water partition coefficient (Wildman–Crippen LogP) is 3.76. The molecule has 0 bridgehead atoms. The highest BCUT2D eigenvalue weighted by Crippen LogP contribution is 2.34. The third-order valence-corrected chi connectivity index (χ3v) is 4.00. The highest BCUT2D eigenvalue weighted by molar-refractivity contribution is 5.86. The quantitative estimate of drug-likeness (QED) is 0.663. The molecule has 0 saturated heterocycles. The summed E-state index contributed by atoms with van der Waals surface area (Å²) in [7, 11) is 1.19. The Morgan fingerprint density at radius 2 is 1.96 bits per heavy atom. The Morgan fingerprint density at radius 1 is 1.23 bits per heavy atom. The zero-order valence-corrected chi connectivity index (χ0v) is 13.9. The molecule has 3 rings (SSSR count). The van der Waals surface area contributed by atoms with E-state index in [0.717, 1.165) is 6.07 Å². The molecule has 2 heterocycles. The average Bonchev–Trinajstić information content (AvgIpc) is 3.05. The Kier molecular flexibility index (Phi) is 4.35. The SMILES string of the molecule is COC(=O)c1ccc(Cn2c(C)cc(=O)c3cccc(C(F)(F)F)c32)o1. The number of alkyl halides is 3. The van der Waals surface area contributed by atoms with Crippen LogP contribution in [-0.2, 0) is 17.5 Å². The standard InChI is InChI=1S/C18H14F3NO4/c1-10-8-14(23)12-4-3-5-13(18(19,20)21)16(12)22(10)9-11-6-7-15(26-11)17(24)25-2/h3-8H,9H2,1-2H3. The fourth-order valence-corrected chi connectivity index (χ4v) is 2.82. The Labute approximate surface area is 145 Å². The summed E-state index contributed by atoms with van der Waals surface area (Å²) >= 11 is 0. The molecule has 8 heteroatoms. The van der Waals surface area contributed by atoms with Crippen LogP contribution in [0.15, 0.2) is 45.6 Å². The van der Waals surface area contributed by atoms with Gasteiger partial charge in [0.1, 0.15) is 5.76 Å². The predicted molar refractivity (Wildman–Crippen MR) is 87.1 cm³/mol. The number of rotatable bonds is 3. The molecule has 136 valence electrons. The molecule has 0 fully saturated rings. The van der Waals surface area contributed by atoms with Crippen molar-refractivity contribution in [2.24, 2.45) is 0 Å². The first-order valence-electron chi connectivity index (χ1n) is 7.59. The number of benzene rings is 1. The summed E-state index contributed by atoms with van der Waals surface area (Å²) < 4.78 is 51.6. The third-order valence-electron chi connectivity index (χ3n) is 4.00. The number of furan rings is 1. The number of hydrogen-bond donors (Lipinski definition) is 0. The maximum Gasteiger partial charge on any atom is 0.418 e. The van der Waals surface area contributed by atoms with E-state index in [2.05, 4.69) is 4.74 Å². The zero-order valence-electron chi connectivity index (χ0n) is 13.9. The monoisotopic (exact) mass is 365 g/mol. The largest absolute Gasteiger partial charge is 0.463 e. The second-order valence-electron chi connectivity index (χ2n) is 5.69. The summed E-state index contributed by atoms with van der Waals surface area (Å²) in [5.74, 6) is -0.481. The van der Waals surface area contributed by atoms with Gasteiger partial charge in [0.15, 0.2) is 5.43 Å². The molecule has 0 aliphatic heterocycles. The number of carbonyl (C=O) groups excluding carboxylic acids is 1. The lowest BCUT2D eigenvalue weighted by Gasteiger charge is -2.18. The number of methoxy groups -OCH3 is 1. The van der Waals surface area contributed by atoms with Gasteiger partial charge in [-0.2, -0.15) is 13.2 Å². The highest BCUT2D eigenvalue weighted by Gasteiger charge is 2.34. The molecule has 0 radical (unpaired) electrons.